The van der Waals surface area contributed by atoms with Crippen molar-refractivity contribution >= 4 is 11.8 Å². The highest BCUT2D eigenvalue weighted by molar-refractivity contribution is 7.99. The van der Waals surface area contributed by atoms with Gasteiger partial charge in [-0.05, 0) is 18.8 Å². The Bertz CT molecular complexity index is 286. The van der Waals surface area contributed by atoms with E-state index in [2.05, 4.69) is 22.2 Å². The van der Waals surface area contributed by atoms with Gasteiger partial charge in [0.25, 0.3) is 0 Å². The Hall–Kier alpha value is -0.480. The monoisotopic (exact) mass is 239 g/mol. The van der Waals surface area contributed by atoms with Crippen LogP contribution < -0.4 is 5.32 Å². The van der Waals surface area contributed by atoms with E-state index in [0.29, 0.717) is 0 Å². The molecular weight excluding hydrogens is 218 g/mol. The van der Waals surface area contributed by atoms with Gasteiger partial charge in [0, 0.05) is 30.7 Å². The van der Waals surface area contributed by atoms with Crippen molar-refractivity contribution in [2.24, 2.45) is 5.92 Å². The van der Waals surface area contributed by atoms with Crippen LogP contribution in [0.15, 0.2) is 17.6 Å². The van der Waals surface area contributed by atoms with Crippen molar-refractivity contribution in [3.63, 3.8) is 0 Å². The molecule has 1 fully saturated rings. The summed E-state index contributed by atoms with van der Waals surface area (Å²) in [5.74, 6) is 2.00. The van der Waals surface area contributed by atoms with Crippen molar-refractivity contribution < 1.29 is 0 Å². The fourth-order valence-corrected chi connectivity index (χ4v) is 3.06. The van der Waals surface area contributed by atoms with Crippen LogP contribution in [0.1, 0.15) is 32.6 Å². The van der Waals surface area contributed by atoms with Crippen LogP contribution in [0.2, 0.25) is 0 Å². The van der Waals surface area contributed by atoms with Crippen LogP contribution in [0.5, 0.6) is 0 Å². The number of H-pyrrole nitrogens is 1. The minimum Gasteiger partial charge on any atom is -0.340 e. The van der Waals surface area contributed by atoms with E-state index >= 15 is 0 Å². The van der Waals surface area contributed by atoms with Gasteiger partial charge in [0.1, 0.15) is 0 Å². The molecule has 2 atom stereocenters. The molecule has 2 rings (SSSR count). The molecule has 1 saturated carbocycles. The van der Waals surface area contributed by atoms with Crippen molar-refractivity contribution in [3.05, 3.63) is 12.4 Å². The van der Waals surface area contributed by atoms with Crippen LogP contribution >= 0.6 is 11.8 Å². The van der Waals surface area contributed by atoms with Crippen LogP contribution in [0.3, 0.4) is 0 Å². The van der Waals surface area contributed by atoms with Crippen LogP contribution in [-0.4, -0.2) is 28.3 Å². The number of hydrogen-bond acceptors (Lipinski definition) is 3. The third-order valence-electron chi connectivity index (χ3n) is 3.18. The number of nitrogens with one attached hydrogen (secondary N) is 2. The molecule has 1 aliphatic rings. The summed E-state index contributed by atoms with van der Waals surface area (Å²) in [7, 11) is 0. The molecule has 0 amide bonds. The molecule has 0 aromatic carbocycles. The van der Waals surface area contributed by atoms with Crippen molar-refractivity contribution in [1.82, 2.24) is 15.3 Å². The summed E-state index contributed by atoms with van der Waals surface area (Å²) in [6, 6.07) is 0.751. The molecule has 0 radical (unpaired) electrons. The first-order valence-corrected chi connectivity index (χ1v) is 7.18. The van der Waals surface area contributed by atoms with E-state index in [-0.39, 0.29) is 0 Å². The summed E-state index contributed by atoms with van der Waals surface area (Å²) in [6.07, 6.45) is 9.20. The van der Waals surface area contributed by atoms with Crippen molar-refractivity contribution in [3.8, 4) is 0 Å². The highest BCUT2D eigenvalue weighted by Gasteiger charge is 2.17. The number of aromatic nitrogens is 2. The second-order valence-corrected chi connectivity index (χ2v) is 5.75. The number of hydrogen-bond donors (Lipinski definition) is 2. The minimum atomic E-state index is 0.751. The Morgan fingerprint density at radius 1 is 1.56 bits per heavy atom. The molecule has 16 heavy (non-hydrogen) atoms. The number of rotatable bonds is 5. The van der Waals surface area contributed by atoms with E-state index < -0.39 is 0 Å². The Morgan fingerprint density at radius 3 is 3.25 bits per heavy atom. The molecule has 0 bridgehead atoms. The van der Waals surface area contributed by atoms with Gasteiger partial charge >= 0.3 is 0 Å². The van der Waals surface area contributed by atoms with Gasteiger partial charge in [-0.2, -0.15) is 0 Å². The lowest BCUT2D eigenvalue weighted by molar-refractivity contribution is 0.306. The normalized spacial score (nSPS) is 25.8. The van der Waals surface area contributed by atoms with Gasteiger partial charge in [0.15, 0.2) is 5.16 Å². The molecule has 90 valence electrons. The lowest BCUT2D eigenvalue weighted by Crippen LogP contribution is -2.34. The maximum Gasteiger partial charge on any atom is 0.165 e. The van der Waals surface area contributed by atoms with Crippen LogP contribution in [0, 0.1) is 5.92 Å². The smallest absolute Gasteiger partial charge is 0.165 e. The van der Waals surface area contributed by atoms with Crippen molar-refractivity contribution in [2.75, 3.05) is 12.3 Å². The molecule has 4 heteroatoms. The van der Waals surface area contributed by atoms with Gasteiger partial charge in [-0.15, -0.1) is 0 Å². The van der Waals surface area contributed by atoms with E-state index in [0.717, 1.165) is 29.4 Å². The van der Waals surface area contributed by atoms with Crippen LogP contribution in [0.25, 0.3) is 0 Å². The van der Waals surface area contributed by atoms with Gasteiger partial charge in [0.05, 0.1) is 0 Å². The molecule has 1 aromatic rings. The number of aromatic amines is 1. The van der Waals surface area contributed by atoms with E-state index in [1.807, 2.05) is 6.20 Å². The fourth-order valence-electron chi connectivity index (χ4n) is 2.36. The standard InChI is InChI=1S/C12H21N3S/c1-10-3-2-4-11(9-10)13-7-8-16-12-14-5-6-15-12/h5-6,10-11,13H,2-4,7-9H2,1H3,(H,14,15). The van der Waals surface area contributed by atoms with Gasteiger partial charge in [-0.1, -0.05) is 31.5 Å². The summed E-state index contributed by atoms with van der Waals surface area (Å²) < 4.78 is 0. The lowest BCUT2D eigenvalue weighted by atomic mass is 9.87. The average molecular weight is 239 g/mol. The SMILES string of the molecule is CC1CCCC(NCCSc2ncc[nH]2)C1. The molecule has 1 aliphatic carbocycles. The molecule has 1 aromatic heterocycles. The molecule has 0 aliphatic heterocycles. The zero-order valence-electron chi connectivity index (χ0n) is 9.91. The Balaban J connectivity index is 1.57. The molecule has 2 unspecified atom stereocenters. The van der Waals surface area contributed by atoms with E-state index in [1.54, 1.807) is 18.0 Å². The molecule has 0 spiro atoms. The maximum atomic E-state index is 4.19. The van der Waals surface area contributed by atoms with Crippen LogP contribution in [-0.2, 0) is 0 Å². The Labute approximate surface area is 102 Å². The lowest BCUT2D eigenvalue weighted by Gasteiger charge is -2.27. The zero-order chi connectivity index (χ0) is 11.2. The predicted octanol–water partition coefficient (Wildman–Crippen LogP) is 2.67. The predicted molar refractivity (Wildman–Crippen MR) is 68.7 cm³/mol. The number of imidazole rings is 1. The first kappa shape index (κ1) is 12.0. The number of nitrogens with zero attached hydrogens (tertiary/aromatic N) is 1. The topological polar surface area (TPSA) is 40.7 Å². The summed E-state index contributed by atoms with van der Waals surface area (Å²) >= 11 is 1.79. The highest BCUT2D eigenvalue weighted by Crippen LogP contribution is 2.23. The number of thioether (sulfide) groups is 1. The highest BCUT2D eigenvalue weighted by atomic mass is 32.2. The van der Waals surface area contributed by atoms with E-state index in [1.165, 1.54) is 25.7 Å². The molecule has 1 heterocycles. The minimum absolute atomic E-state index is 0.751. The van der Waals surface area contributed by atoms with E-state index in [4.69, 9.17) is 0 Å². The third-order valence-corrected chi connectivity index (χ3v) is 4.09. The molecular formula is C12H21N3S. The first-order chi connectivity index (χ1) is 7.84. The summed E-state index contributed by atoms with van der Waals surface area (Å²) in [5.41, 5.74) is 0. The second-order valence-electron chi connectivity index (χ2n) is 4.67. The molecule has 2 N–H and O–H groups in total. The van der Waals surface area contributed by atoms with Gasteiger partial charge in [-0.3, -0.25) is 0 Å². The quantitative estimate of drug-likeness (QED) is 0.613. The molecule has 0 saturated heterocycles. The van der Waals surface area contributed by atoms with Gasteiger partial charge < -0.3 is 10.3 Å². The largest absolute Gasteiger partial charge is 0.340 e. The first-order valence-electron chi connectivity index (χ1n) is 6.20. The van der Waals surface area contributed by atoms with Gasteiger partial charge in [-0.25, -0.2) is 4.98 Å². The summed E-state index contributed by atoms with van der Waals surface area (Å²) in [4.78, 5) is 7.30. The summed E-state index contributed by atoms with van der Waals surface area (Å²) in [5, 5.41) is 4.68. The Kier molecular flexibility index (Phi) is 4.72. The second kappa shape index (κ2) is 6.30. The van der Waals surface area contributed by atoms with Crippen molar-refractivity contribution in [1.29, 1.82) is 0 Å². The van der Waals surface area contributed by atoms with E-state index in [9.17, 15) is 0 Å². The average Bonchev–Trinajstić information content (AvgIpc) is 2.77. The maximum absolute atomic E-state index is 4.19. The zero-order valence-corrected chi connectivity index (χ0v) is 10.7. The Morgan fingerprint density at radius 2 is 2.50 bits per heavy atom. The summed E-state index contributed by atoms with van der Waals surface area (Å²) in [6.45, 7) is 3.45. The van der Waals surface area contributed by atoms with Crippen LogP contribution in [0.4, 0.5) is 0 Å². The van der Waals surface area contributed by atoms with Gasteiger partial charge in [0.2, 0.25) is 0 Å². The molecule has 3 nitrogen and oxygen atoms in total. The van der Waals surface area contributed by atoms with Crippen molar-refractivity contribution in [2.45, 2.75) is 43.8 Å². The fraction of sp³-hybridized carbons (Fsp3) is 0.750. The third kappa shape index (κ3) is 3.83.